The molecule has 0 amide bonds. The topological polar surface area (TPSA) is 74.8 Å². The molecule has 0 saturated heterocycles. The first-order valence-electron chi connectivity index (χ1n) is 7.35. The zero-order chi connectivity index (χ0) is 16.9. The number of anilines is 3. The van der Waals surface area contributed by atoms with Gasteiger partial charge in [-0.05, 0) is 49.5 Å². The van der Waals surface area contributed by atoms with Crippen molar-refractivity contribution in [3.8, 4) is 0 Å². The second-order valence-electron chi connectivity index (χ2n) is 4.91. The summed E-state index contributed by atoms with van der Waals surface area (Å²) in [5.74, 6) is 1.20. The number of hydrogen-bond acceptors (Lipinski definition) is 5. The summed E-state index contributed by atoms with van der Waals surface area (Å²) in [5.41, 5.74) is 2.05. The summed E-state index contributed by atoms with van der Waals surface area (Å²) in [4.78, 5) is 13.3. The second-order valence-corrected chi connectivity index (χ2v) is 5.76. The van der Waals surface area contributed by atoms with Gasteiger partial charge < -0.3 is 16.0 Å². The lowest BCUT2D eigenvalue weighted by Gasteiger charge is -2.09. The molecular weight excluding hydrogens is 344 g/mol. The lowest BCUT2D eigenvalue weighted by atomic mass is 10.3. The van der Waals surface area contributed by atoms with Crippen LogP contribution in [-0.2, 0) is 0 Å². The van der Waals surface area contributed by atoms with Gasteiger partial charge in [0.15, 0.2) is 16.6 Å². The number of benzene rings is 1. The molecule has 0 bridgehead atoms. The summed E-state index contributed by atoms with van der Waals surface area (Å²) >= 11 is 11.1. The number of rotatable bonds is 4. The molecule has 24 heavy (non-hydrogen) atoms. The van der Waals surface area contributed by atoms with Crippen LogP contribution in [-0.4, -0.2) is 26.6 Å². The molecule has 0 unspecified atom stereocenters. The minimum absolute atomic E-state index is 0.519. The number of aromatic nitrogens is 3. The van der Waals surface area contributed by atoms with E-state index in [0.717, 1.165) is 12.2 Å². The van der Waals surface area contributed by atoms with E-state index in [-0.39, 0.29) is 0 Å². The number of nitrogens with zero attached hydrogens (tertiary/aromatic N) is 3. The molecule has 6 nitrogen and oxygen atoms in total. The molecular formula is C16H15ClN6S. The summed E-state index contributed by atoms with van der Waals surface area (Å²) in [6, 6.07) is 11.0. The third-order valence-corrected chi connectivity index (χ3v) is 3.56. The van der Waals surface area contributed by atoms with Gasteiger partial charge in [0.25, 0.3) is 0 Å². The molecule has 3 aromatic rings. The molecule has 1 aromatic carbocycles. The Morgan fingerprint density at radius 2 is 2.00 bits per heavy atom. The number of thiocarbonyl (C=S) groups is 1. The zero-order valence-corrected chi connectivity index (χ0v) is 14.4. The largest absolute Gasteiger partial charge is 0.363 e. The third kappa shape index (κ3) is 4.06. The minimum atomic E-state index is 0.519. The van der Waals surface area contributed by atoms with Gasteiger partial charge in [-0.15, -0.1) is 0 Å². The van der Waals surface area contributed by atoms with E-state index in [0.29, 0.717) is 32.9 Å². The van der Waals surface area contributed by atoms with E-state index in [9.17, 15) is 0 Å². The van der Waals surface area contributed by atoms with Crippen molar-refractivity contribution < 1.29 is 0 Å². The molecule has 0 saturated carbocycles. The molecule has 0 radical (unpaired) electrons. The first-order chi connectivity index (χ1) is 11.6. The first kappa shape index (κ1) is 16.4. The average molecular weight is 359 g/mol. The van der Waals surface area contributed by atoms with Gasteiger partial charge in [0.1, 0.15) is 11.3 Å². The van der Waals surface area contributed by atoms with Crippen molar-refractivity contribution >= 4 is 57.4 Å². The van der Waals surface area contributed by atoms with E-state index in [1.165, 1.54) is 0 Å². The summed E-state index contributed by atoms with van der Waals surface area (Å²) in [6.45, 7) is 2.72. The normalized spacial score (nSPS) is 10.4. The molecule has 0 aliphatic carbocycles. The van der Waals surface area contributed by atoms with E-state index >= 15 is 0 Å². The van der Waals surface area contributed by atoms with Crippen LogP contribution < -0.4 is 16.0 Å². The summed E-state index contributed by atoms with van der Waals surface area (Å²) in [5, 5.41) is 10.4. The molecule has 3 rings (SSSR count). The Bertz CT molecular complexity index is 885. The second kappa shape index (κ2) is 7.37. The monoisotopic (exact) mass is 358 g/mol. The van der Waals surface area contributed by atoms with Crippen molar-refractivity contribution in [3.63, 3.8) is 0 Å². The number of halogens is 1. The third-order valence-electron chi connectivity index (χ3n) is 3.08. The molecule has 0 aliphatic rings. The summed E-state index contributed by atoms with van der Waals surface area (Å²) in [7, 11) is 0. The molecule has 0 fully saturated rings. The van der Waals surface area contributed by atoms with Crippen LogP contribution in [0, 0.1) is 0 Å². The fourth-order valence-electron chi connectivity index (χ4n) is 2.06. The molecule has 0 spiro atoms. The Kier molecular flexibility index (Phi) is 5.02. The number of pyridine rings is 1. The molecule has 2 aromatic heterocycles. The van der Waals surface area contributed by atoms with Crippen LogP contribution >= 0.6 is 23.8 Å². The summed E-state index contributed by atoms with van der Waals surface area (Å²) < 4.78 is 0. The Hall–Kier alpha value is -2.51. The lowest BCUT2D eigenvalue weighted by molar-refractivity contribution is 0.978. The van der Waals surface area contributed by atoms with Crippen molar-refractivity contribution in [2.75, 3.05) is 17.2 Å². The Balaban J connectivity index is 1.84. The van der Waals surface area contributed by atoms with Gasteiger partial charge in [-0.25, -0.2) is 15.0 Å². The van der Waals surface area contributed by atoms with Crippen molar-refractivity contribution in [2.45, 2.75) is 6.92 Å². The van der Waals surface area contributed by atoms with Gasteiger partial charge in [-0.1, -0.05) is 17.7 Å². The SMILES string of the molecule is CCNC(=S)Nc1ccc2ncc(Nc3cccc(Cl)c3)nc2n1. The highest BCUT2D eigenvalue weighted by Crippen LogP contribution is 2.20. The maximum absolute atomic E-state index is 5.99. The van der Waals surface area contributed by atoms with Gasteiger partial charge in [-0.2, -0.15) is 0 Å². The highest BCUT2D eigenvalue weighted by molar-refractivity contribution is 7.80. The van der Waals surface area contributed by atoms with Crippen molar-refractivity contribution in [1.82, 2.24) is 20.3 Å². The standard InChI is InChI=1S/C16H15ClN6S/c1-2-18-16(24)23-13-7-6-12-15(21-13)22-14(9-19-12)20-11-5-3-4-10(17)8-11/h3-9H,2H2,1H3,(H3,18,20,21,22,23,24). The van der Waals surface area contributed by atoms with Gasteiger partial charge in [0.2, 0.25) is 0 Å². The number of fused-ring (bicyclic) bond motifs is 1. The highest BCUT2D eigenvalue weighted by atomic mass is 35.5. The van der Waals surface area contributed by atoms with Crippen LogP contribution in [0.4, 0.5) is 17.3 Å². The Morgan fingerprint density at radius 3 is 2.79 bits per heavy atom. The van der Waals surface area contributed by atoms with Crippen LogP contribution in [0.2, 0.25) is 5.02 Å². The van der Waals surface area contributed by atoms with Crippen LogP contribution in [0.3, 0.4) is 0 Å². The first-order valence-corrected chi connectivity index (χ1v) is 8.14. The molecule has 0 aliphatic heterocycles. The molecule has 3 N–H and O–H groups in total. The number of hydrogen-bond donors (Lipinski definition) is 3. The van der Waals surface area contributed by atoms with Crippen LogP contribution in [0.5, 0.6) is 0 Å². The zero-order valence-electron chi connectivity index (χ0n) is 12.9. The van der Waals surface area contributed by atoms with E-state index in [1.54, 1.807) is 6.20 Å². The Labute approximate surface area is 149 Å². The highest BCUT2D eigenvalue weighted by Gasteiger charge is 2.05. The summed E-state index contributed by atoms with van der Waals surface area (Å²) in [6.07, 6.45) is 1.65. The smallest absolute Gasteiger partial charge is 0.182 e. The Morgan fingerprint density at radius 1 is 1.17 bits per heavy atom. The maximum atomic E-state index is 5.99. The quantitative estimate of drug-likeness (QED) is 0.613. The fourth-order valence-corrected chi connectivity index (χ4v) is 2.50. The molecule has 0 atom stereocenters. The van der Waals surface area contributed by atoms with Crippen LogP contribution in [0.25, 0.3) is 11.2 Å². The van der Waals surface area contributed by atoms with Crippen molar-refractivity contribution in [1.29, 1.82) is 0 Å². The van der Waals surface area contributed by atoms with Gasteiger partial charge >= 0.3 is 0 Å². The van der Waals surface area contributed by atoms with E-state index < -0.39 is 0 Å². The minimum Gasteiger partial charge on any atom is -0.363 e. The van der Waals surface area contributed by atoms with Crippen LogP contribution in [0.15, 0.2) is 42.6 Å². The van der Waals surface area contributed by atoms with Crippen molar-refractivity contribution in [2.24, 2.45) is 0 Å². The lowest BCUT2D eigenvalue weighted by Crippen LogP contribution is -2.28. The van der Waals surface area contributed by atoms with E-state index in [1.807, 2.05) is 43.3 Å². The average Bonchev–Trinajstić information content (AvgIpc) is 2.55. The molecule has 2 heterocycles. The maximum Gasteiger partial charge on any atom is 0.182 e. The number of nitrogens with one attached hydrogen (secondary N) is 3. The van der Waals surface area contributed by atoms with Crippen LogP contribution in [0.1, 0.15) is 6.92 Å². The molecule has 122 valence electrons. The van der Waals surface area contributed by atoms with Gasteiger partial charge in [-0.3, -0.25) is 0 Å². The van der Waals surface area contributed by atoms with Crippen molar-refractivity contribution in [3.05, 3.63) is 47.6 Å². The van der Waals surface area contributed by atoms with Gasteiger partial charge in [0.05, 0.1) is 6.20 Å². The molecule has 8 heteroatoms. The van der Waals surface area contributed by atoms with E-state index in [4.69, 9.17) is 23.8 Å². The predicted octanol–water partition coefficient (Wildman–Crippen LogP) is 3.73. The van der Waals surface area contributed by atoms with E-state index in [2.05, 4.69) is 30.9 Å². The fraction of sp³-hybridized carbons (Fsp3) is 0.125. The predicted molar refractivity (Wildman–Crippen MR) is 102 cm³/mol. The van der Waals surface area contributed by atoms with Gasteiger partial charge in [0, 0.05) is 17.3 Å².